The van der Waals surface area contributed by atoms with Crippen LogP contribution in [0.25, 0.3) is 0 Å². The molecule has 1 aromatic rings. The normalized spacial score (nSPS) is 14.5. The van der Waals surface area contributed by atoms with E-state index in [1.165, 1.54) is 31.2 Å². The molecule has 1 aromatic carbocycles. The number of ether oxygens (including phenoxy) is 2. The maximum Gasteiger partial charge on any atom is 0.161 e. The molecule has 1 aliphatic rings. The molecule has 0 heterocycles. The number of aryl methyl sites for hydroxylation is 1. The van der Waals surface area contributed by atoms with Crippen molar-refractivity contribution in [1.29, 1.82) is 0 Å². The third kappa shape index (κ3) is 4.39. The quantitative estimate of drug-likeness (QED) is 0.741. The predicted octanol–water partition coefficient (Wildman–Crippen LogP) is 3.54. The number of hydrogen-bond donors (Lipinski definition) is 1. The van der Waals surface area contributed by atoms with Gasteiger partial charge in [-0.1, -0.05) is 15.9 Å². The Morgan fingerprint density at radius 3 is 2.47 bits per heavy atom. The summed E-state index contributed by atoms with van der Waals surface area (Å²) in [5.41, 5.74) is 1.28. The number of methoxy groups -OCH3 is 2. The number of benzene rings is 1. The summed E-state index contributed by atoms with van der Waals surface area (Å²) in [4.78, 5) is 0. The molecule has 19 heavy (non-hydrogen) atoms. The molecule has 0 amide bonds. The topological polar surface area (TPSA) is 30.5 Å². The van der Waals surface area contributed by atoms with Crippen molar-refractivity contribution in [2.75, 3.05) is 20.8 Å². The maximum absolute atomic E-state index is 5.34. The highest BCUT2D eigenvalue weighted by Crippen LogP contribution is 2.33. The molecule has 0 atom stereocenters. The van der Waals surface area contributed by atoms with Crippen LogP contribution < -0.4 is 14.8 Å². The molecule has 106 valence electrons. The van der Waals surface area contributed by atoms with Gasteiger partial charge >= 0.3 is 0 Å². The van der Waals surface area contributed by atoms with Gasteiger partial charge < -0.3 is 14.8 Å². The Morgan fingerprint density at radius 1 is 1.16 bits per heavy atom. The molecule has 1 aliphatic carbocycles. The Morgan fingerprint density at radius 2 is 1.84 bits per heavy atom. The highest BCUT2D eigenvalue weighted by molar-refractivity contribution is 9.10. The molecule has 0 aliphatic heterocycles. The number of unbranched alkanes of at least 4 members (excludes halogenated alkanes) is 1. The van der Waals surface area contributed by atoms with E-state index < -0.39 is 0 Å². The van der Waals surface area contributed by atoms with Gasteiger partial charge in [0.25, 0.3) is 0 Å². The molecule has 3 nitrogen and oxygen atoms in total. The summed E-state index contributed by atoms with van der Waals surface area (Å²) in [7, 11) is 3.34. The van der Waals surface area contributed by atoms with E-state index in [1.807, 2.05) is 6.07 Å². The van der Waals surface area contributed by atoms with Gasteiger partial charge in [-0.25, -0.2) is 0 Å². The number of nitrogens with one attached hydrogen (secondary N) is 1. The molecule has 0 aromatic heterocycles. The van der Waals surface area contributed by atoms with Gasteiger partial charge in [0.2, 0.25) is 0 Å². The smallest absolute Gasteiger partial charge is 0.161 e. The molecule has 4 heteroatoms. The van der Waals surface area contributed by atoms with Gasteiger partial charge in [0.05, 0.1) is 14.2 Å². The van der Waals surface area contributed by atoms with Gasteiger partial charge in [-0.2, -0.15) is 0 Å². The van der Waals surface area contributed by atoms with Crippen molar-refractivity contribution in [2.24, 2.45) is 0 Å². The average Bonchev–Trinajstić information content (AvgIpc) is 3.23. The van der Waals surface area contributed by atoms with Crippen LogP contribution in [0.15, 0.2) is 16.6 Å². The third-order valence-corrected chi connectivity index (χ3v) is 4.17. The Balaban J connectivity index is 1.84. The summed E-state index contributed by atoms with van der Waals surface area (Å²) < 4.78 is 11.7. The lowest BCUT2D eigenvalue weighted by atomic mass is 10.1. The highest BCUT2D eigenvalue weighted by Gasteiger charge is 2.19. The van der Waals surface area contributed by atoms with Crippen molar-refractivity contribution in [3.63, 3.8) is 0 Å². The van der Waals surface area contributed by atoms with Crippen LogP contribution in [0, 0.1) is 0 Å². The zero-order valence-corrected chi connectivity index (χ0v) is 13.3. The first-order chi connectivity index (χ1) is 9.24. The number of halogens is 1. The molecule has 0 saturated heterocycles. The van der Waals surface area contributed by atoms with Gasteiger partial charge in [0, 0.05) is 10.5 Å². The third-order valence-electron chi connectivity index (χ3n) is 3.44. The molecular formula is C15H22BrNO2. The van der Waals surface area contributed by atoms with Gasteiger partial charge in [-0.3, -0.25) is 0 Å². The lowest BCUT2D eigenvalue weighted by molar-refractivity contribution is 0.354. The highest BCUT2D eigenvalue weighted by atomic mass is 79.9. The van der Waals surface area contributed by atoms with Crippen molar-refractivity contribution in [3.8, 4) is 11.5 Å². The molecule has 0 spiro atoms. The maximum atomic E-state index is 5.34. The van der Waals surface area contributed by atoms with Gasteiger partial charge in [0.15, 0.2) is 11.5 Å². The fourth-order valence-corrected chi connectivity index (χ4v) is 2.64. The van der Waals surface area contributed by atoms with Crippen molar-refractivity contribution < 1.29 is 9.47 Å². The van der Waals surface area contributed by atoms with E-state index in [0.717, 1.165) is 35.0 Å². The Bertz CT molecular complexity index is 419. The molecular weight excluding hydrogens is 306 g/mol. The van der Waals surface area contributed by atoms with E-state index in [0.29, 0.717) is 0 Å². The minimum atomic E-state index is 0.772. The van der Waals surface area contributed by atoms with Gasteiger partial charge in [-0.15, -0.1) is 0 Å². The lowest BCUT2D eigenvalue weighted by Gasteiger charge is -2.12. The van der Waals surface area contributed by atoms with Gasteiger partial charge in [0.1, 0.15) is 0 Å². The summed E-state index contributed by atoms with van der Waals surface area (Å²) in [6.45, 7) is 1.13. The van der Waals surface area contributed by atoms with E-state index >= 15 is 0 Å². The molecule has 1 N–H and O–H groups in total. The summed E-state index contributed by atoms with van der Waals surface area (Å²) in [6, 6.07) is 4.86. The number of hydrogen-bond acceptors (Lipinski definition) is 3. The Labute approximate surface area is 123 Å². The van der Waals surface area contributed by atoms with Crippen LogP contribution >= 0.6 is 15.9 Å². The predicted molar refractivity (Wildman–Crippen MR) is 81.2 cm³/mol. The number of rotatable bonds is 8. The summed E-state index contributed by atoms with van der Waals surface area (Å²) in [6.07, 6.45) is 6.20. The second-order valence-corrected chi connectivity index (χ2v) is 5.84. The van der Waals surface area contributed by atoms with Crippen molar-refractivity contribution in [2.45, 2.75) is 38.1 Å². The zero-order chi connectivity index (χ0) is 13.7. The van der Waals surface area contributed by atoms with Crippen molar-refractivity contribution in [3.05, 3.63) is 22.2 Å². The first kappa shape index (κ1) is 14.7. The summed E-state index contributed by atoms with van der Waals surface area (Å²) >= 11 is 3.60. The molecule has 1 fully saturated rings. The standard InChI is InChI=1S/C15H22BrNO2/c1-18-14-9-11(13(16)10-15(14)19-2)5-3-4-8-17-12-6-7-12/h9-10,12,17H,3-8H2,1-2H3. The fourth-order valence-electron chi connectivity index (χ4n) is 2.12. The van der Waals surface area contributed by atoms with Crippen LogP contribution in [-0.4, -0.2) is 26.8 Å². The second-order valence-electron chi connectivity index (χ2n) is 4.98. The van der Waals surface area contributed by atoms with Crippen LogP contribution in [-0.2, 0) is 6.42 Å². The molecule has 0 bridgehead atoms. The molecule has 0 unspecified atom stereocenters. The minimum Gasteiger partial charge on any atom is -0.493 e. The monoisotopic (exact) mass is 327 g/mol. The Hall–Kier alpha value is -0.740. The van der Waals surface area contributed by atoms with Crippen LogP contribution in [0.1, 0.15) is 31.2 Å². The zero-order valence-electron chi connectivity index (χ0n) is 11.7. The van der Waals surface area contributed by atoms with E-state index in [1.54, 1.807) is 14.2 Å². The molecule has 0 radical (unpaired) electrons. The largest absolute Gasteiger partial charge is 0.493 e. The second kappa shape index (κ2) is 7.15. The van der Waals surface area contributed by atoms with Crippen LogP contribution in [0.2, 0.25) is 0 Å². The average molecular weight is 328 g/mol. The SMILES string of the molecule is COc1cc(Br)c(CCCCNC2CC2)cc1OC. The van der Waals surface area contributed by atoms with Crippen molar-refractivity contribution >= 4 is 15.9 Å². The molecule has 1 saturated carbocycles. The van der Waals surface area contributed by atoms with E-state index in [9.17, 15) is 0 Å². The van der Waals surface area contributed by atoms with Gasteiger partial charge in [-0.05, 0) is 56.3 Å². The Kier molecular flexibility index (Phi) is 5.52. The summed E-state index contributed by atoms with van der Waals surface area (Å²) in [5, 5.41) is 3.54. The van der Waals surface area contributed by atoms with E-state index in [-0.39, 0.29) is 0 Å². The van der Waals surface area contributed by atoms with Crippen LogP contribution in [0.5, 0.6) is 11.5 Å². The first-order valence-corrected chi connectivity index (χ1v) is 7.67. The molecule has 2 rings (SSSR count). The fraction of sp³-hybridized carbons (Fsp3) is 0.600. The van der Waals surface area contributed by atoms with Crippen LogP contribution in [0.3, 0.4) is 0 Å². The first-order valence-electron chi connectivity index (χ1n) is 6.88. The van der Waals surface area contributed by atoms with E-state index in [4.69, 9.17) is 9.47 Å². The summed E-state index contributed by atoms with van der Waals surface area (Å²) in [5.74, 6) is 1.57. The van der Waals surface area contributed by atoms with E-state index in [2.05, 4.69) is 27.3 Å². The van der Waals surface area contributed by atoms with Crippen molar-refractivity contribution in [1.82, 2.24) is 5.32 Å². The minimum absolute atomic E-state index is 0.772. The van der Waals surface area contributed by atoms with Crippen LogP contribution in [0.4, 0.5) is 0 Å². The lowest BCUT2D eigenvalue weighted by Crippen LogP contribution is -2.17.